The zero-order valence-electron chi connectivity index (χ0n) is 14.2. The SMILES string of the molecule is Cc1cc(CNC2C3CN(C(=O)OC(C)(C)C)CC32)ccc1F. The Morgan fingerprint density at radius 1 is 1.35 bits per heavy atom. The van der Waals surface area contributed by atoms with Crippen LogP contribution in [0.2, 0.25) is 0 Å². The van der Waals surface area contributed by atoms with Crippen molar-refractivity contribution in [1.82, 2.24) is 10.2 Å². The Kier molecular flexibility index (Phi) is 4.08. The first kappa shape index (κ1) is 16.2. The number of hydrogen-bond donors (Lipinski definition) is 1. The fourth-order valence-electron chi connectivity index (χ4n) is 3.36. The normalized spacial score (nSPS) is 26.1. The third-order valence-corrected chi connectivity index (χ3v) is 4.61. The Labute approximate surface area is 137 Å². The van der Waals surface area contributed by atoms with E-state index in [-0.39, 0.29) is 11.9 Å². The van der Waals surface area contributed by atoms with Gasteiger partial charge in [0.1, 0.15) is 11.4 Å². The van der Waals surface area contributed by atoms with Gasteiger partial charge in [0.2, 0.25) is 0 Å². The van der Waals surface area contributed by atoms with Crippen LogP contribution in [0, 0.1) is 24.6 Å². The van der Waals surface area contributed by atoms with E-state index in [1.165, 1.54) is 6.07 Å². The summed E-state index contributed by atoms with van der Waals surface area (Å²) in [6.45, 7) is 9.71. The van der Waals surface area contributed by atoms with Gasteiger partial charge in [0.15, 0.2) is 0 Å². The van der Waals surface area contributed by atoms with E-state index >= 15 is 0 Å². The van der Waals surface area contributed by atoms with E-state index in [0.717, 1.165) is 25.2 Å². The van der Waals surface area contributed by atoms with Crippen LogP contribution < -0.4 is 5.32 Å². The second kappa shape index (κ2) is 5.78. The number of benzene rings is 1. The first-order valence-electron chi connectivity index (χ1n) is 8.21. The predicted molar refractivity (Wildman–Crippen MR) is 86.6 cm³/mol. The molecular weight excluding hydrogens is 295 g/mol. The third-order valence-electron chi connectivity index (χ3n) is 4.61. The molecule has 1 aromatic carbocycles. The summed E-state index contributed by atoms with van der Waals surface area (Å²) in [5.74, 6) is 0.873. The topological polar surface area (TPSA) is 41.6 Å². The smallest absolute Gasteiger partial charge is 0.410 e. The summed E-state index contributed by atoms with van der Waals surface area (Å²) in [6, 6.07) is 5.68. The zero-order valence-corrected chi connectivity index (χ0v) is 14.2. The Hall–Kier alpha value is -1.62. The molecule has 1 aromatic rings. The fourth-order valence-corrected chi connectivity index (χ4v) is 3.36. The fraction of sp³-hybridized carbons (Fsp3) is 0.611. The molecule has 0 aromatic heterocycles. The molecule has 4 nitrogen and oxygen atoms in total. The zero-order chi connectivity index (χ0) is 16.8. The number of amides is 1. The number of halogens is 1. The Balaban J connectivity index is 1.45. The van der Waals surface area contributed by atoms with Crippen LogP contribution >= 0.6 is 0 Å². The lowest BCUT2D eigenvalue weighted by Crippen LogP contribution is -2.39. The number of carbonyl (C=O) groups is 1. The van der Waals surface area contributed by atoms with Crippen molar-refractivity contribution < 1.29 is 13.9 Å². The Morgan fingerprint density at radius 2 is 2.00 bits per heavy atom. The first-order valence-corrected chi connectivity index (χ1v) is 8.21. The highest BCUT2D eigenvalue weighted by molar-refractivity contribution is 5.69. The highest BCUT2D eigenvalue weighted by atomic mass is 19.1. The minimum absolute atomic E-state index is 0.162. The van der Waals surface area contributed by atoms with Crippen LogP contribution in [0.25, 0.3) is 0 Å². The van der Waals surface area contributed by atoms with Gasteiger partial charge in [0.25, 0.3) is 0 Å². The predicted octanol–water partition coefficient (Wildman–Crippen LogP) is 3.09. The number of nitrogens with zero attached hydrogens (tertiary/aromatic N) is 1. The maximum absolute atomic E-state index is 13.3. The molecule has 0 spiro atoms. The minimum Gasteiger partial charge on any atom is -0.444 e. The van der Waals surface area contributed by atoms with Crippen LogP contribution in [0.5, 0.6) is 0 Å². The van der Waals surface area contributed by atoms with E-state index in [1.54, 1.807) is 11.8 Å². The highest BCUT2D eigenvalue weighted by Crippen LogP contribution is 2.45. The molecule has 126 valence electrons. The van der Waals surface area contributed by atoms with Gasteiger partial charge < -0.3 is 15.0 Å². The van der Waals surface area contributed by atoms with Crippen LogP contribution in [0.15, 0.2) is 18.2 Å². The molecule has 2 atom stereocenters. The number of aryl methyl sites for hydroxylation is 1. The van der Waals surface area contributed by atoms with Crippen molar-refractivity contribution in [2.24, 2.45) is 11.8 Å². The molecule has 1 amide bonds. The molecule has 1 saturated heterocycles. The van der Waals surface area contributed by atoms with Gasteiger partial charge in [-0.1, -0.05) is 12.1 Å². The standard InChI is InChI=1S/C18H25FN2O2/c1-11-7-12(5-6-15(11)19)8-20-16-13-9-21(10-14(13)16)17(22)23-18(2,3)4/h5-7,13-14,16,20H,8-10H2,1-4H3. The van der Waals surface area contributed by atoms with Gasteiger partial charge in [-0.05, 0) is 56.7 Å². The van der Waals surface area contributed by atoms with Crippen molar-refractivity contribution >= 4 is 6.09 Å². The van der Waals surface area contributed by atoms with E-state index in [1.807, 2.05) is 32.9 Å². The lowest BCUT2D eigenvalue weighted by atomic mass is 10.1. The summed E-state index contributed by atoms with van der Waals surface area (Å²) >= 11 is 0. The van der Waals surface area contributed by atoms with E-state index in [9.17, 15) is 9.18 Å². The van der Waals surface area contributed by atoms with Crippen LogP contribution in [0.3, 0.4) is 0 Å². The quantitative estimate of drug-likeness (QED) is 0.930. The van der Waals surface area contributed by atoms with Gasteiger partial charge in [-0.3, -0.25) is 0 Å². The van der Waals surface area contributed by atoms with Crippen molar-refractivity contribution in [2.75, 3.05) is 13.1 Å². The molecule has 2 aliphatic rings. The summed E-state index contributed by atoms with van der Waals surface area (Å²) in [6.07, 6.45) is -0.211. The average Bonchev–Trinajstić information content (AvgIpc) is 2.89. The number of piperidine rings is 1. The second-order valence-corrected chi connectivity index (χ2v) is 7.70. The molecule has 1 saturated carbocycles. The molecular formula is C18H25FN2O2. The summed E-state index contributed by atoms with van der Waals surface area (Å²) < 4.78 is 18.7. The maximum Gasteiger partial charge on any atom is 0.410 e. The number of likely N-dealkylation sites (tertiary alicyclic amines) is 1. The molecule has 1 N–H and O–H groups in total. The van der Waals surface area contributed by atoms with Crippen molar-refractivity contribution in [2.45, 2.75) is 45.9 Å². The van der Waals surface area contributed by atoms with Crippen molar-refractivity contribution in [3.63, 3.8) is 0 Å². The summed E-state index contributed by atoms with van der Waals surface area (Å²) in [7, 11) is 0. The van der Waals surface area contributed by atoms with Crippen LogP contribution in [-0.4, -0.2) is 35.7 Å². The Bertz CT molecular complexity index is 600. The van der Waals surface area contributed by atoms with E-state index < -0.39 is 5.60 Å². The molecule has 1 aliphatic heterocycles. The second-order valence-electron chi connectivity index (χ2n) is 7.70. The van der Waals surface area contributed by atoms with Crippen molar-refractivity contribution in [1.29, 1.82) is 0 Å². The molecule has 2 unspecified atom stereocenters. The Morgan fingerprint density at radius 3 is 2.57 bits per heavy atom. The summed E-state index contributed by atoms with van der Waals surface area (Å²) in [5.41, 5.74) is 1.33. The van der Waals surface area contributed by atoms with Gasteiger partial charge in [0.05, 0.1) is 0 Å². The van der Waals surface area contributed by atoms with Crippen LogP contribution in [0.4, 0.5) is 9.18 Å². The van der Waals surface area contributed by atoms with Gasteiger partial charge in [-0.2, -0.15) is 0 Å². The summed E-state index contributed by atoms with van der Waals surface area (Å²) in [4.78, 5) is 13.8. The molecule has 23 heavy (non-hydrogen) atoms. The number of nitrogens with one attached hydrogen (secondary N) is 1. The van der Waals surface area contributed by atoms with Crippen LogP contribution in [-0.2, 0) is 11.3 Å². The monoisotopic (exact) mass is 320 g/mol. The first-order chi connectivity index (χ1) is 10.7. The van der Waals surface area contributed by atoms with Crippen molar-refractivity contribution in [3.8, 4) is 0 Å². The maximum atomic E-state index is 13.3. The molecule has 0 bridgehead atoms. The molecule has 2 fully saturated rings. The van der Waals surface area contributed by atoms with Gasteiger partial charge >= 0.3 is 6.09 Å². The van der Waals surface area contributed by atoms with Crippen molar-refractivity contribution in [3.05, 3.63) is 35.1 Å². The molecule has 1 aliphatic carbocycles. The van der Waals surface area contributed by atoms with E-state index in [0.29, 0.717) is 23.4 Å². The minimum atomic E-state index is -0.443. The summed E-state index contributed by atoms with van der Waals surface area (Å²) in [5, 5.41) is 3.53. The molecule has 3 rings (SSSR count). The highest BCUT2D eigenvalue weighted by Gasteiger charge is 2.56. The average molecular weight is 320 g/mol. The van der Waals surface area contributed by atoms with Crippen LogP contribution in [0.1, 0.15) is 31.9 Å². The lowest BCUT2D eigenvalue weighted by molar-refractivity contribution is 0.0269. The molecule has 0 radical (unpaired) electrons. The number of rotatable bonds is 3. The largest absolute Gasteiger partial charge is 0.444 e. The number of hydrogen-bond acceptors (Lipinski definition) is 3. The number of carbonyl (C=O) groups excluding carboxylic acids is 1. The molecule has 5 heteroatoms. The number of ether oxygens (including phenoxy) is 1. The molecule has 1 heterocycles. The van der Waals surface area contributed by atoms with E-state index in [2.05, 4.69) is 5.32 Å². The van der Waals surface area contributed by atoms with Gasteiger partial charge in [-0.25, -0.2) is 9.18 Å². The van der Waals surface area contributed by atoms with E-state index in [4.69, 9.17) is 4.74 Å². The number of fused-ring (bicyclic) bond motifs is 1. The third kappa shape index (κ3) is 3.66. The lowest BCUT2D eigenvalue weighted by Gasteiger charge is -2.26. The van der Waals surface area contributed by atoms with Gasteiger partial charge in [-0.15, -0.1) is 0 Å². The van der Waals surface area contributed by atoms with Gasteiger partial charge in [0, 0.05) is 25.7 Å².